The van der Waals surface area contributed by atoms with Crippen LogP contribution in [0.25, 0.3) is 0 Å². The molecule has 0 aromatic carbocycles. The van der Waals surface area contributed by atoms with E-state index in [0.29, 0.717) is 12.8 Å². The fourth-order valence-corrected chi connectivity index (χ4v) is 2.92. The van der Waals surface area contributed by atoms with Gasteiger partial charge in [-0.15, -0.1) is 0 Å². The average molecular weight is 339 g/mol. The number of ether oxygens (including phenoxy) is 1. The summed E-state index contributed by atoms with van der Waals surface area (Å²) >= 11 is 0. The van der Waals surface area contributed by atoms with Crippen molar-refractivity contribution < 1.29 is 23.9 Å². The molecule has 0 radical (unpaired) electrons. The molecule has 1 saturated heterocycles. The summed E-state index contributed by atoms with van der Waals surface area (Å²) in [5, 5.41) is 5.40. The van der Waals surface area contributed by atoms with Crippen LogP contribution in [0.4, 0.5) is 4.79 Å². The Morgan fingerprint density at radius 3 is 2.46 bits per heavy atom. The summed E-state index contributed by atoms with van der Waals surface area (Å²) in [6, 6.07) is -0.610. The largest absolute Gasteiger partial charge is 0.454 e. The Morgan fingerprint density at radius 1 is 1.25 bits per heavy atom. The molecular formula is C16H25N3O5. The summed E-state index contributed by atoms with van der Waals surface area (Å²) in [5.74, 6) is -1.30. The van der Waals surface area contributed by atoms with Crippen molar-refractivity contribution in [1.29, 1.82) is 0 Å². The number of rotatable bonds is 6. The predicted molar refractivity (Wildman–Crippen MR) is 84.8 cm³/mol. The summed E-state index contributed by atoms with van der Waals surface area (Å²) < 4.78 is 4.87. The number of amides is 4. The molecule has 1 aliphatic carbocycles. The Balaban J connectivity index is 1.81. The second-order valence-electron chi connectivity index (χ2n) is 6.87. The van der Waals surface area contributed by atoms with Crippen LogP contribution in [0.5, 0.6) is 0 Å². The van der Waals surface area contributed by atoms with Crippen LogP contribution in [-0.2, 0) is 19.1 Å². The van der Waals surface area contributed by atoms with Crippen LogP contribution in [0.1, 0.15) is 46.5 Å². The summed E-state index contributed by atoms with van der Waals surface area (Å²) in [6.45, 7) is 4.89. The molecule has 1 saturated carbocycles. The van der Waals surface area contributed by atoms with Crippen molar-refractivity contribution in [2.24, 2.45) is 5.92 Å². The van der Waals surface area contributed by atoms with Crippen LogP contribution < -0.4 is 10.6 Å². The van der Waals surface area contributed by atoms with Crippen molar-refractivity contribution in [2.75, 3.05) is 13.2 Å². The summed E-state index contributed by atoms with van der Waals surface area (Å²) in [4.78, 5) is 48.7. The highest BCUT2D eigenvalue weighted by Gasteiger charge is 2.52. The fraction of sp³-hybridized carbons (Fsp3) is 0.750. The van der Waals surface area contributed by atoms with Gasteiger partial charge < -0.3 is 15.4 Å². The van der Waals surface area contributed by atoms with Gasteiger partial charge in [0.05, 0.1) is 0 Å². The number of carbonyl (C=O) groups is 4. The zero-order chi connectivity index (χ0) is 17.9. The molecule has 24 heavy (non-hydrogen) atoms. The number of hydrogen-bond donors (Lipinski definition) is 2. The average Bonchev–Trinajstić information content (AvgIpc) is 3.06. The van der Waals surface area contributed by atoms with Crippen LogP contribution >= 0.6 is 0 Å². The van der Waals surface area contributed by atoms with Crippen LogP contribution in [0, 0.1) is 5.92 Å². The van der Waals surface area contributed by atoms with Crippen LogP contribution in [-0.4, -0.2) is 53.4 Å². The lowest BCUT2D eigenvalue weighted by Crippen LogP contribution is -2.44. The van der Waals surface area contributed by atoms with Gasteiger partial charge in [0, 0.05) is 6.04 Å². The molecule has 2 fully saturated rings. The molecule has 1 spiro atoms. The zero-order valence-corrected chi connectivity index (χ0v) is 14.4. The SMILES string of the molecule is CC(C)[C@H](C)NC(=O)COC(=O)CN1C(=O)NC2(CCCC2)C1=O. The van der Waals surface area contributed by atoms with Crippen molar-refractivity contribution >= 4 is 23.8 Å². The molecule has 2 N–H and O–H groups in total. The van der Waals surface area contributed by atoms with Gasteiger partial charge in [-0.2, -0.15) is 0 Å². The van der Waals surface area contributed by atoms with Gasteiger partial charge >= 0.3 is 12.0 Å². The third kappa shape index (κ3) is 3.85. The Bertz CT molecular complexity index is 540. The Labute approximate surface area is 141 Å². The number of hydrogen-bond acceptors (Lipinski definition) is 5. The number of nitrogens with zero attached hydrogens (tertiary/aromatic N) is 1. The second-order valence-corrected chi connectivity index (χ2v) is 6.87. The molecule has 0 aromatic rings. The van der Waals surface area contributed by atoms with Gasteiger partial charge in [0.25, 0.3) is 11.8 Å². The quantitative estimate of drug-likeness (QED) is 0.543. The summed E-state index contributed by atoms with van der Waals surface area (Å²) in [6.07, 6.45) is 2.94. The standard InChI is InChI=1S/C16H25N3O5/c1-10(2)11(3)17-12(20)9-24-13(21)8-19-14(22)16(18-15(19)23)6-4-5-7-16/h10-11H,4-9H2,1-3H3,(H,17,20)(H,18,23)/t11-/m0/s1. The molecule has 4 amide bonds. The maximum Gasteiger partial charge on any atom is 0.326 e. The lowest BCUT2D eigenvalue weighted by atomic mass is 9.98. The molecule has 1 aliphatic heterocycles. The fourth-order valence-electron chi connectivity index (χ4n) is 2.92. The number of carbonyl (C=O) groups excluding carboxylic acids is 4. The Morgan fingerprint density at radius 2 is 1.88 bits per heavy atom. The number of nitrogens with one attached hydrogen (secondary N) is 2. The highest BCUT2D eigenvalue weighted by atomic mass is 16.5. The van der Waals surface area contributed by atoms with Crippen molar-refractivity contribution in [3.63, 3.8) is 0 Å². The maximum atomic E-state index is 12.4. The van der Waals surface area contributed by atoms with E-state index in [1.54, 1.807) is 0 Å². The highest BCUT2D eigenvalue weighted by Crippen LogP contribution is 2.34. The number of urea groups is 1. The lowest BCUT2D eigenvalue weighted by Gasteiger charge is -2.20. The van der Waals surface area contributed by atoms with Gasteiger partial charge in [-0.3, -0.25) is 19.3 Å². The first kappa shape index (κ1) is 18.2. The smallest absolute Gasteiger partial charge is 0.326 e. The minimum Gasteiger partial charge on any atom is -0.454 e. The van der Waals surface area contributed by atoms with E-state index in [-0.39, 0.29) is 17.9 Å². The van der Waals surface area contributed by atoms with E-state index in [4.69, 9.17) is 4.74 Å². The van der Waals surface area contributed by atoms with Crippen LogP contribution in [0.2, 0.25) is 0 Å². The zero-order valence-electron chi connectivity index (χ0n) is 14.4. The van der Waals surface area contributed by atoms with Gasteiger partial charge in [0.1, 0.15) is 12.1 Å². The van der Waals surface area contributed by atoms with E-state index < -0.39 is 36.6 Å². The molecular weight excluding hydrogens is 314 g/mol. The molecule has 8 heteroatoms. The van der Waals surface area contributed by atoms with Gasteiger partial charge in [0.15, 0.2) is 6.61 Å². The Hall–Kier alpha value is -2.12. The monoisotopic (exact) mass is 339 g/mol. The van der Waals surface area contributed by atoms with E-state index >= 15 is 0 Å². The van der Waals surface area contributed by atoms with Crippen molar-refractivity contribution in [3.8, 4) is 0 Å². The summed E-state index contributed by atoms with van der Waals surface area (Å²) in [7, 11) is 0. The minimum atomic E-state index is -0.846. The van der Waals surface area contributed by atoms with Crippen LogP contribution in [0.3, 0.4) is 0 Å². The molecule has 0 unspecified atom stereocenters. The topological polar surface area (TPSA) is 105 Å². The molecule has 0 bridgehead atoms. The van der Waals surface area contributed by atoms with E-state index in [0.717, 1.165) is 17.7 Å². The van der Waals surface area contributed by atoms with Crippen LogP contribution in [0.15, 0.2) is 0 Å². The first-order valence-electron chi connectivity index (χ1n) is 8.34. The molecule has 1 heterocycles. The third-order valence-corrected chi connectivity index (χ3v) is 4.74. The van der Waals surface area contributed by atoms with E-state index in [9.17, 15) is 19.2 Å². The third-order valence-electron chi connectivity index (χ3n) is 4.74. The predicted octanol–water partition coefficient (Wildman–Crippen LogP) is 0.555. The second kappa shape index (κ2) is 7.19. The van der Waals surface area contributed by atoms with Gasteiger partial charge in [-0.25, -0.2) is 4.79 Å². The minimum absolute atomic E-state index is 0.0376. The lowest BCUT2D eigenvalue weighted by molar-refractivity contribution is -0.151. The van der Waals surface area contributed by atoms with Crippen molar-refractivity contribution in [1.82, 2.24) is 15.5 Å². The normalized spacial score (nSPS) is 20.4. The van der Waals surface area contributed by atoms with E-state index in [1.807, 2.05) is 20.8 Å². The maximum absolute atomic E-state index is 12.4. The van der Waals surface area contributed by atoms with Gasteiger partial charge in [0.2, 0.25) is 0 Å². The Kier molecular flexibility index (Phi) is 5.46. The number of esters is 1. The molecule has 2 aliphatic rings. The first-order chi connectivity index (χ1) is 11.2. The molecule has 134 valence electrons. The molecule has 1 atom stereocenters. The van der Waals surface area contributed by atoms with Gasteiger partial charge in [-0.1, -0.05) is 26.7 Å². The van der Waals surface area contributed by atoms with Crippen molar-refractivity contribution in [3.05, 3.63) is 0 Å². The van der Waals surface area contributed by atoms with Crippen molar-refractivity contribution in [2.45, 2.75) is 58.0 Å². The molecule has 8 nitrogen and oxygen atoms in total. The highest BCUT2D eigenvalue weighted by molar-refractivity contribution is 6.08. The molecule has 0 aromatic heterocycles. The molecule has 2 rings (SSSR count). The summed E-state index contributed by atoms with van der Waals surface area (Å²) in [5.41, 5.74) is -0.846. The first-order valence-corrected chi connectivity index (χ1v) is 8.34. The van der Waals surface area contributed by atoms with E-state index in [2.05, 4.69) is 10.6 Å². The van der Waals surface area contributed by atoms with E-state index in [1.165, 1.54) is 0 Å². The number of imide groups is 1. The van der Waals surface area contributed by atoms with Gasteiger partial charge in [-0.05, 0) is 25.7 Å².